The second-order valence-electron chi connectivity index (χ2n) is 5.99. The van der Waals surface area contributed by atoms with E-state index in [-0.39, 0.29) is 19.1 Å². The topological polar surface area (TPSA) is 129 Å². The van der Waals surface area contributed by atoms with Crippen molar-refractivity contribution in [3.8, 4) is 11.4 Å². The summed E-state index contributed by atoms with van der Waals surface area (Å²) in [5, 5.41) is 3.67. The molecule has 1 aromatic heterocycles. The van der Waals surface area contributed by atoms with Crippen LogP contribution < -0.4 is 16.8 Å². The van der Waals surface area contributed by atoms with E-state index in [2.05, 4.69) is 20.3 Å². The van der Waals surface area contributed by atoms with Crippen LogP contribution >= 0.6 is 11.6 Å². The Bertz CT molecular complexity index is 994. The SMILES string of the molecule is Cc1ccc(Cl)cc1-c1nc(N)nc(Nc2ccc(COC(=O)CN)cc2)n1. The molecule has 0 aliphatic rings. The second-order valence-corrected chi connectivity index (χ2v) is 6.42. The maximum Gasteiger partial charge on any atom is 0.320 e. The van der Waals surface area contributed by atoms with Gasteiger partial charge in [-0.25, -0.2) is 0 Å². The lowest BCUT2D eigenvalue weighted by atomic mass is 10.1. The number of esters is 1. The van der Waals surface area contributed by atoms with Crippen LogP contribution in [0, 0.1) is 6.92 Å². The van der Waals surface area contributed by atoms with E-state index in [1.54, 1.807) is 12.1 Å². The highest BCUT2D eigenvalue weighted by Crippen LogP contribution is 2.25. The molecular formula is C19H19ClN6O2. The molecule has 5 N–H and O–H groups in total. The number of carbonyl (C=O) groups is 1. The molecule has 0 spiro atoms. The van der Waals surface area contributed by atoms with Crippen LogP contribution in [0.4, 0.5) is 17.6 Å². The summed E-state index contributed by atoms with van der Waals surface area (Å²) in [5.41, 5.74) is 14.4. The Morgan fingerprint density at radius 3 is 2.61 bits per heavy atom. The van der Waals surface area contributed by atoms with Crippen LogP contribution in [0.1, 0.15) is 11.1 Å². The summed E-state index contributed by atoms with van der Waals surface area (Å²) in [4.78, 5) is 23.9. The van der Waals surface area contributed by atoms with E-state index in [1.165, 1.54) is 0 Å². The van der Waals surface area contributed by atoms with Crippen molar-refractivity contribution in [3.63, 3.8) is 0 Å². The molecule has 0 saturated carbocycles. The molecule has 0 saturated heterocycles. The monoisotopic (exact) mass is 398 g/mol. The van der Waals surface area contributed by atoms with Gasteiger partial charge in [-0.3, -0.25) is 4.79 Å². The zero-order valence-corrected chi connectivity index (χ0v) is 15.9. The van der Waals surface area contributed by atoms with E-state index in [4.69, 9.17) is 27.8 Å². The molecule has 0 radical (unpaired) electrons. The van der Waals surface area contributed by atoms with Gasteiger partial charge in [0.1, 0.15) is 6.61 Å². The first kappa shape index (κ1) is 19.5. The largest absolute Gasteiger partial charge is 0.460 e. The molecular weight excluding hydrogens is 380 g/mol. The summed E-state index contributed by atoms with van der Waals surface area (Å²) >= 11 is 6.09. The van der Waals surface area contributed by atoms with Gasteiger partial charge in [-0.05, 0) is 42.3 Å². The molecule has 0 bridgehead atoms. The number of aryl methyl sites for hydroxylation is 1. The molecule has 3 aromatic rings. The molecule has 0 aliphatic carbocycles. The third-order valence-electron chi connectivity index (χ3n) is 3.87. The zero-order chi connectivity index (χ0) is 20.1. The Balaban J connectivity index is 1.78. The van der Waals surface area contributed by atoms with Crippen molar-refractivity contribution in [2.45, 2.75) is 13.5 Å². The molecule has 28 heavy (non-hydrogen) atoms. The van der Waals surface area contributed by atoms with Crippen molar-refractivity contribution < 1.29 is 9.53 Å². The summed E-state index contributed by atoms with van der Waals surface area (Å²) < 4.78 is 4.99. The summed E-state index contributed by atoms with van der Waals surface area (Å²) in [6.07, 6.45) is 0. The highest BCUT2D eigenvalue weighted by Gasteiger charge is 2.10. The van der Waals surface area contributed by atoms with Crippen molar-refractivity contribution in [1.82, 2.24) is 15.0 Å². The van der Waals surface area contributed by atoms with E-state index in [0.717, 1.165) is 22.4 Å². The predicted molar refractivity (Wildman–Crippen MR) is 108 cm³/mol. The average Bonchev–Trinajstić information content (AvgIpc) is 2.68. The molecule has 3 rings (SSSR count). The summed E-state index contributed by atoms with van der Waals surface area (Å²) in [6.45, 7) is 1.96. The molecule has 1 heterocycles. The first-order chi connectivity index (χ1) is 13.4. The minimum absolute atomic E-state index is 0.0946. The normalized spacial score (nSPS) is 10.5. The van der Waals surface area contributed by atoms with Crippen LogP contribution in [0.5, 0.6) is 0 Å². The number of hydrogen-bond acceptors (Lipinski definition) is 8. The zero-order valence-electron chi connectivity index (χ0n) is 15.1. The van der Waals surface area contributed by atoms with Crippen molar-refractivity contribution in [3.05, 3.63) is 58.6 Å². The van der Waals surface area contributed by atoms with Crippen molar-refractivity contribution in [2.24, 2.45) is 5.73 Å². The van der Waals surface area contributed by atoms with Crippen LogP contribution in [0.25, 0.3) is 11.4 Å². The number of halogens is 1. The van der Waals surface area contributed by atoms with Gasteiger partial charge in [-0.15, -0.1) is 0 Å². The lowest BCUT2D eigenvalue weighted by molar-refractivity contribution is -0.143. The van der Waals surface area contributed by atoms with Crippen LogP contribution in [0.2, 0.25) is 5.02 Å². The fraction of sp³-hybridized carbons (Fsp3) is 0.158. The van der Waals surface area contributed by atoms with E-state index >= 15 is 0 Å². The van der Waals surface area contributed by atoms with E-state index in [1.807, 2.05) is 37.3 Å². The van der Waals surface area contributed by atoms with Crippen LogP contribution in [0.3, 0.4) is 0 Å². The number of nitrogens with zero attached hydrogens (tertiary/aromatic N) is 3. The van der Waals surface area contributed by atoms with Gasteiger partial charge in [-0.1, -0.05) is 29.8 Å². The average molecular weight is 399 g/mol. The van der Waals surface area contributed by atoms with Gasteiger partial charge >= 0.3 is 5.97 Å². The number of benzene rings is 2. The van der Waals surface area contributed by atoms with Gasteiger partial charge in [-0.2, -0.15) is 15.0 Å². The highest BCUT2D eigenvalue weighted by molar-refractivity contribution is 6.30. The molecule has 0 atom stereocenters. The lowest BCUT2D eigenvalue weighted by Gasteiger charge is -2.10. The number of ether oxygens (including phenoxy) is 1. The van der Waals surface area contributed by atoms with Gasteiger partial charge in [0.15, 0.2) is 5.82 Å². The Labute approximate surface area is 166 Å². The third kappa shape index (κ3) is 4.93. The van der Waals surface area contributed by atoms with E-state index < -0.39 is 5.97 Å². The molecule has 0 fully saturated rings. The fourth-order valence-corrected chi connectivity index (χ4v) is 2.61. The number of nitrogens with one attached hydrogen (secondary N) is 1. The molecule has 9 heteroatoms. The van der Waals surface area contributed by atoms with Gasteiger partial charge in [0.05, 0.1) is 6.54 Å². The summed E-state index contributed by atoms with van der Waals surface area (Å²) in [7, 11) is 0. The Morgan fingerprint density at radius 2 is 1.89 bits per heavy atom. The highest BCUT2D eigenvalue weighted by atomic mass is 35.5. The number of hydrogen-bond donors (Lipinski definition) is 3. The van der Waals surface area contributed by atoms with Crippen LogP contribution in [-0.2, 0) is 16.1 Å². The predicted octanol–water partition coefficient (Wildman–Crippen LogP) is 2.83. The minimum Gasteiger partial charge on any atom is -0.460 e. The molecule has 144 valence electrons. The number of carbonyl (C=O) groups excluding carboxylic acids is 1. The van der Waals surface area contributed by atoms with Crippen molar-refractivity contribution in [2.75, 3.05) is 17.6 Å². The number of nitrogens with two attached hydrogens (primary N) is 2. The van der Waals surface area contributed by atoms with Crippen molar-refractivity contribution in [1.29, 1.82) is 0 Å². The molecule has 0 aliphatic heterocycles. The maximum atomic E-state index is 11.1. The lowest BCUT2D eigenvalue weighted by Crippen LogP contribution is -2.16. The number of aromatic nitrogens is 3. The Hall–Kier alpha value is -3.23. The van der Waals surface area contributed by atoms with E-state index in [9.17, 15) is 4.79 Å². The second kappa shape index (κ2) is 8.64. The first-order valence-electron chi connectivity index (χ1n) is 8.44. The Kier molecular flexibility index (Phi) is 6.03. The van der Waals surface area contributed by atoms with Gasteiger partial charge < -0.3 is 21.5 Å². The van der Waals surface area contributed by atoms with Crippen LogP contribution in [-0.4, -0.2) is 27.5 Å². The van der Waals surface area contributed by atoms with Gasteiger partial charge in [0.2, 0.25) is 11.9 Å². The van der Waals surface area contributed by atoms with Crippen LogP contribution in [0.15, 0.2) is 42.5 Å². The molecule has 0 unspecified atom stereocenters. The van der Waals surface area contributed by atoms with Gasteiger partial charge in [0.25, 0.3) is 0 Å². The smallest absolute Gasteiger partial charge is 0.320 e. The summed E-state index contributed by atoms with van der Waals surface area (Å²) in [5.74, 6) is 0.383. The fourth-order valence-electron chi connectivity index (χ4n) is 2.44. The standard InChI is InChI=1S/C19H19ClN6O2/c1-11-2-5-13(20)8-15(11)17-24-18(22)26-19(25-17)23-14-6-3-12(4-7-14)10-28-16(27)9-21/h2-8H,9-10,21H2,1H3,(H3,22,23,24,25,26). The quantitative estimate of drug-likeness (QED) is 0.540. The number of anilines is 3. The minimum atomic E-state index is -0.452. The molecule has 2 aromatic carbocycles. The molecule has 8 nitrogen and oxygen atoms in total. The first-order valence-corrected chi connectivity index (χ1v) is 8.82. The molecule has 0 amide bonds. The van der Waals surface area contributed by atoms with E-state index in [0.29, 0.717) is 16.8 Å². The summed E-state index contributed by atoms with van der Waals surface area (Å²) in [6, 6.07) is 12.7. The third-order valence-corrected chi connectivity index (χ3v) is 4.10. The maximum absolute atomic E-state index is 11.1. The number of nitrogen functional groups attached to an aromatic ring is 1. The Morgan fingerprint density at radius 1 is 1.14 bits per heavy atom. The van der Waals surface area contributed by atoms with Crippen molar-refractivity contribution >= 4 is 35.2 Å². The van der Waals surface area contributed by atoms with Gasteiger partial charge in [0, 0.05) is 16.3 Å². The number of rotatable bonds is 6.